The third kappa shape index (κ3) is 3.02. The lowest BCUT2D eigenvalue weighted by Gasteiger charge is -2.39. The molecule has 1 saturated heterocycles. The molecule has 130 valence electrons. The van der Waals surface area contributed by atoms with Gasteiger partial charge in [0.05, 0.1) is 6.61 Å². The summed E-state index contributed by atoms with van der Waals surface area (Å²) in [5, 5.41) is 39.4. The van der Waals surface area contributed by atoms with E-state index in [1.54, 1.807) is 19.1 Å². The quantitative estimate of drug-likeness (QED) is 0.540. The molecule has 1 aromatic heterocycles. The first-order valence-electron chi connectivity index (χ1n) is 7.42. The Bertz CT molecular complexity index is 783. The van der Waals surface area contributed by atoms with E-state index in [1.165, 1.54) is 12.1 Å². The van der Waals surface area contributed by atoms with Gasteiger partial charge in [-0.2, -0.15) is 0 Å². The maximum absolute atomic E-state index is 11.5. The number of hydrogen-bond donors (Lipinski definition) is 4. The molecule has 0 aliphatic carbocycles. The summed E-state index contributed by atoms with van der Waals surface area (Å²) in [6.45, 7) is 1.23. The van der Waals surface area contributed by atoms with Gasteiger partial charge in [-0.25, -0.2) is 4.79 Å². The Morgan fingerprint density at radius 2 is 1.88 bits per heavy atom. The van der Waals surface area contributed by atoms with Gasteiger partial charge < -0.3 is 34.3 Å². The van der Waals surface area contributed by atoms with Gasteiger partial charge in [-0.3, -0.25) is 0 Å². The molecule has 3 rings (SSSR count). The van der Waals surface area contributed by atoms with Crippen molar-refractivity contribution in [2.75, 3.05) is 6.61 Å². The molecule has 2 aromatic rings. The Kier molecular flexibility index (Phi) is 4.57. The molecule has 1 fully saturated rings. The van der Waals surface area contributed by atoms with Gasteiger partial charge in [0.15, 0.2) is 0 Å². The van der Waals surface area contributed by atoms with Gasteiger partial charge in [0.2, 0.25) is 6.29 Å². The Labute approximate surface area is 136 Å². The Balaban J connectivity index is 1.87. The van der Waals surface area contributed by atoms with Crippen LogP contribution in [0.1, 0.15) is 5.56 Å². The van der Waals surface area contributed by atoms with E-state index in [9.17, 15) is 20.1 Å². The molecule has 4 N–H and O–H groups in total. The minimum absolute atomic E-state index is 0.237. The number of aryl methyl sites for hydroxylation is 1. The number of aliphatic hydroxyl groups is 4. The fourth-order valence-corrected chi connectivity index (χ4v) is 2.68. The summed E-state index contributed by atoms with van der Waals surface area (Å²) in [6.07, 6.45) is -6.85. The van der Waals surface area contributed by atoms with Crippen LogP contribution in [-0.4, -0.2) is 57.7 Å². The largest absolute Gasteiger partial charge is 0.462 e. The van der Waals surface area contributed by atoms with Gasteiger partial charge in [0, 0.05) is 17.5 Å². The van der Waals surface area contributed by atoms with Crippen LogP contribution in [0.2, 0.25) is 0 Å². The number of hydrogen-bond acceptors (Lipinski definition) is 8. The van der Waals surface area contributed by atoms with Gasteiger partial charge in [0.25, 0.3) is 0 Å². The maximum Gasteiger partial charge on any atom is 0.336 e. The van der Waals surface area contributed by atoms with Crippen molar-refractivity contribution in [2.24, 2.45) is 0 Å². The third-order valence-electron chi connectivity index (χ3n) is 4.02. The second-order valence-corrected chi connectivity index (χ2v) is 5.72. The normalized spacial score (nSPS) is 30.5. The van der Waals surface area contributed by atoms with E-state index in [0.29, 0.717) is 5.58 Å². The molecule has 2 heterocycles. The highest BCUT2D eigenvalue weighted by Gasteiger charge is 2.44. The second kappa shape index (κ2) is 6.50. The summed E-state index contributed by atoms with van der Waals surface area (Å²) in [4.78, 5) is 11.5. The van der Waals surface area contributed by atoms with E-state index in [0.717, 1.165) is 10.9 Å². The lowest BCUT2D eigenvalue weighted by atomic mass is 9.99. The summed E-state index contributed by atoms with van der Waals surface area (Å²) in [7, 11) is 0. The van der Waals surface area contributed by atoms with Crippen LogP contribution in [0, 0.1) is 6.92 Å². The Morgan fingerprint density at radius 3 is 2.58 bits per heavy atom. The van der Waals surface area contributed by atoms with Crippen molar-refractivity contribution in [1.82, 2.24) is 0 Å². The van der Waals surface area contributed by atoms with Crippen molar-refractivity contribution in [2.45, 2.75) is 37.6 Å². The van der Waals surface area contributed by atoms with E-state index in [-0.39, 0.29) is 5.75 Å². The van der Waals surface area contributed by atoms with E-state index >= 15 is 0 Å². The van der Waals surface area contributed by atoms with Gasteiger partial charge in [-0.05, 0) is 24.6 Å². The standard InChI is InChI=1S/C16H18O8/c1-7-4-12(18)23-10-5-8(2-3-9(7)10)22-16-15(21)14(20)13(19)11(6-17)24-16/h2-5,11,13-17,19-21H,6H2,1H3/t11?,13-,14+,15?,16+/m1/s1. The molecular weight excluding hydrogens is 320 g/mol. The highest BCUT2D eigenvalue weighted by molar-refractivity contribution is 5.81. The molecule has 24 heavy (non-hydrogen) atoms. The number of ether oxygens (including phenoxy) is 2. The lowest BCUT2D eigenvalue weighted by molar-refractivity contribution is -0.277. The molecular formula is C16H18O8. The molecule has 0 saturated carbocycles. The first-order chi connectivity index (χ1) is 11.4. The summed E-state index contributed by atoms with van der Waals surface area (Å²) in [5.74, 6) is 0.237. The molecule has 2 unspecified atom stereocenters. The average molecular weight is 338 g/mol. The van der Waals surface area contributed by atoms with Crippen LogP contribution in [0.5, 0.6) is 5.75 Å². The van der Waals surface area contributed by atoms with Gasteiger partial charge >= 0.3 is 5.63 Å². The van der Waals surface area contributed by atoms with Crippen molar-refractivity contribution in [3.8, 4) is 5.75 Å². The van der Waals surface area contributed by atoms with Crippen LogP contribution in [-0.2, 0) is 4.74 Å². The summed E-state index contributed by atoms with van der Waals surface area (Å²) in [6, 6.07) is 6.12. The fourth-order valence-electron chi connectivity index (χ4n) is 2.68. The predicted molar refractivity (Wildman–Crippen MR) is 81.6 cm³/mol. The molecule has 0 bridgehead atoms. The molecule has 0 radical (unpaired) electrons. The number of fused-ring (bicyclic) bond motifs is 1. The highest BCUT2D eigenvalue weighted by atomic mass is 16.7. The molecule has 8 nitrogen and oxygen atoms in total. The zero-order valence-corrected chi connectivity index (χ0v) is 12.8. The number of benzene rings is 1. The Hall–Kier alpha value is -1.97. The minimum atomic E-state index is -1.53. The van der Waals surface area contributed by atoms with Gasteiger partial charge in [0.1, 0.15) is 35.7 Å². The van der Waals surface area contributed by atoms with Gasteiger partial charge in [-0.15, -0.1) is 0 Å². The molecule has 8 heteroatoms. The predicted octanol–water partition coefficient (Wildman–Crippen LogP) is -0.720. The molecule has 1 aliphatic rings. The first kappa shape index (κ1) is 16.9. The SMILES string of the molecule is Cc1cc(=O)oc2cc(O[C@H]3OC(CO)[C@@H](O)[C@H](O)C3O)ccc12. The average Bonchev–Trinajstić information content (AvgIpc) is 2.55. The zero-order chi connectivity index (χ0) is 17.4. The van der Waals surface area contributed by atoms with Crippen molar-refractivity contribution in [3.63, 3.8) is 0 Å². The van der Waals surface area contributed by atoms with Crippen LogP contribution in [0.25, 0.3) is 11.0 Å². The zero-order valence-electron chi connectivity index (χ0n) is 12.8. The van der Waals surface area contributed by atoms with Crippen LogP contribution < -0.4 is 10.4 Å². The van der Waals surface area contributed by atoms with E-state index in [2.05, 4.69) is 0 Å². The smallest absolute Gasteiger partial charge is 0.336 e. The van der Waals surface area contributed by atoms with Crippen molar-refractivity contribution in [3.05, 3.63) is 40.2 Å². The molecule has 0 amide bonds. The first-order valence-corrected chi connectivity index (χ1v) is 7.42. The van der Waals surface area contributed by atoms with E-state index < -0.39 is 42.9 Å². The van der Waals surface area contributed by atoms with Crippen LogP contribution in [0.4, 0.5) is 0 Å². The van der Waals surface area contributed by atoms with Crippen molar-refractivity contribution >= 4 is 11.0 Å². The topological polar surface area (TPSA) is 130 Å². The molecule has 5 atom stereocenters. The van der Waals surface area contributed by atoms with E-state index in [1.807, 2.05) is 0 Å². The number of aliphatic hydroxyl groups excluding tert-OH is 4. The second-order valence-electron chi connectivity index (χ2n) is 5.72. The van der Waals surface area contributed by atoms with Crippen molar-refractivity contribution < 1.29 is 34.3 Å². The third-order valence-corrected chi connectivity index (χ3v) is 4.02. The molecule has 1 aliphatic heterocycles. The number of rotatable bonds is 3. The van der Waals surface area contributed by atoms with Crippen LogP contribution in [0.3, 0.4) is 0 Å². The van der Waals surface area contributed by atoms with Gasteiger partial charge in [-0.1, -0.05) is 0 Å². The van der Waals surface area contributed by atoms with Crippen molar-refractivity contribution in [1.29, 1.82) is 0 Å². The summed E-state index contributed by atoms with van der Waals surface area (Å²) in [5.41, 5.74) is 0.563. The van der Waals surface area contributed by atoms with Crippen LogP contribution in [0.15, 0.2) is 33.5 Å². The monoisotopic (exact) mass is 338 g/mol. The molecule has 0 spiro atoms. The van der Waals surface area contributed by atoms with Crippen LogP contribution >= 0.6 is 0 Å². The Morgan fingerprint density at radius 1 is 1.12 bits per heavy atom. The maximum atomic E-state index is 11.5. The fraction of sp³-hybridized carbons (Fsp3) is 0.438. The summed E-state index contributed by atoms with van der Waals surface area (Å²) < 4.78 is 15.9. The molecule has 1 aromatic carbocycles. The lowest BCUT2D eigenvalue weighted by Crippen LogP contribution is -2.60. The highest BCUT2D eigenvalue weighted by Crippen LogP contribution is 2.27. The minimum Gasteiger partial charge on any atom is -0.462 e. The van der Waals surface area contributed by atoms with E-state index in [4.69, 9.17) is 19.0 Å². The summed E-state index contributed by atoms with van der Waals surface area (Å²) >= 11 is 0.